The van der Waals surface area contributed by atoms with Gasteiger partial charge in [-0.05, 0) is 65.7 Å². The number of rotatable bonds is 10. The Morgan fingerprint density at radius 1 is 1.08 bits per heavy atom. The number of sulfonamides is 1. The van der Waals surface area contributed by atoms with Crippen molar-refractivity contribution in [1.82, 2.24) is 5.43 Å². The third-order valence-corrected chi connectivity index (χ3v) is 6.24. The molecule has 0 aliphatic rings. The van der Waals surface area contributed by atoms with Crippen molar-refractivity contribution < 1.29 is 22.9 Å². The van der Waals surface area contributed by atoms with Crippen LogP contribution < -0.4 is 14.5 Å². The van der Waals surface area contributed by atoms with Crippen LogP contribution in [-0.2, 0) is 21.4 Å². The lowest BCUT2D eigenvalue weighted by Gasteiger charge is -2.21. The fourth-order valence-electron chi connectivity index (χ4n) is 2.96. The maximum atomic E-state index is 12.3. The SMILES string of the molecule is CS(=O)(=O)N(CC(=O)N/N=C\c1ccc(OCc2ccc([N+](=O)[O-])cc2)cc1)c1cc(Cl)cc(Cl)c1. The summed E-state index contributed by atoms with van der Waals surface area (Å²) in [5, 5.41) is 15.0. The van der Waals surface area contributed by atoms with Gasteiger partial charge in [0.25, 0.3) is 11.6 Å². The Balaban J connectivity index is 1.55. The second-order valence-corrected chi connectivity index (χ2v) is 10.3. The van der Waals surface area contributed by atoms with Crippen LogP contribution in [0, 0.1) is 10.1 Å². The van der Waals surface area contributed by atoms with Gasteiger partial charge in [0.2, 0.25) is 10.0 Å². The van der Waals surface area contributed by atoms with Crippen LogP contribution in [0.3, 0.4) is 0 Å². The molecule has 0 aliphatic carbocycles. The first-order valence-corrected chi connectivity index (χ1v) is 12.8. The Kier molecular flexibility index (Phi) is 8.86. The highest BCUT2D eigenvalue weighted by Gasteiger charge is 2.21. The van der Waals surface area contributed by atoms with Crippen molar-refractivity contribution in [2.75, 3.05) is 17.1 Å². The summed E-state index contributed by atoms with van der Waals surface area (Å²) in [7, 11) is -3.80. The van der Waals surface area contributed by atoms with Crippen molar-refractivity contribution in [3.8, 4) is 5.75 Å². The molecule has 0 heterocycles. The second-order valence-electron chi connectivity index (χ2n) is 7.47. The van der Waals surface area contributed by atoms with Crippen molar-refractivity contribution >= 4 is 56.7 Å². The van der Waals surface area contributed by atoms with Gasteiger partial charge >= 0.3 is 0 Å². The Morgan fingerprint density at radius 2 is 1.69 bits per heavy atom. The zero-order valence-corrected chi connectivity index (χ0v) is 21.1. The van der Waals surface area contributed by atoms with E-state index in [4.69, 9.17) is 27.9 Å². The van der Waals surface area contributed by atoms with E-state index in [2.05, 4.69) is 10.5 Å². The van der Waals surface area contributed by atoms with Crippen LogP contribution in [-0.4, -0.2) is 38.3 Å². The Bertz CT molecular complexity index is 1360. The maximum absolute atomic E-state index is 12.3. The molecule has 10 nitrogen and oxygen atoms in total. The predicted octanol–water partition coefficient (Wildman–Crippen LogP) is 4.40. The third kappa shape index (κ3) is 7.94. The van der Waals surface area contributed by atoms with E-state index in [0.717, 1.165) is 16.1 Å². The number of benzene rings is 3. The number of amides is 1. The third-order valence-electron chi connectivity index (χ3n) is 4.66. The molecular weight excluding hydrogens is 531 g/mol. The van der Waals surface area contributed by atoms with Gasteiger partial charge < -0.3 is 4.74 Å². The number of carbonyl (C=O) groups is 1. The Morgan fingerprint density at radius 3 is 2.25 bits per heavy atom. The lowest BCUT2D eigenvalue weighted by molar-refractivity contribution is -0.384. The first-order valence-electron chi connectivity index (χ1n) is 10.2. The standard InChI is InChI=1S/C23H20Cl2N4O6S/c1-36(33,34)28(21-11-18(24)10-19(25)12-21)14-23(30)27-26-13-16-4-8-22(9-5-16)35-15-17-2-6-20(7-3-17)29(31)32/h2-13H,14-15H2,1H3,(H,27,30)/b26-13-. The van der Waals surface area contributed by atoms with E-state index in [9.17, 15) is 23.3 Å². The number of nitrogens with zero attached hydrogens (tertiary/aromatic N) is 3. The molecule has 1 amide bonds. The minimum Gasteiger partial charge on any atom is -0.489 e. The van der Waals surface area contributed by atoms with Crippen LogP contribution >= 0.6 is 23.2 Å². The van der Waals surface area contributed by atoms with Crippen molar-refractivity contribution in [3.05, 3.63) is 98.0 Å². The fraction of sp³-hybridized carbons (Fsp3) is 0.130. The number of ether oxygens (including phenoxy) is 1. The molecule has 0 saturated heterocycles. The largest absolute Gasteiger partial charge is 0.489 e. The summed E-state index contributed by atoms with van der Waals surface area (Å²) in [5.74, 6) is -0.102. The quantitative estimate of drug-likeness (QED) is 0.226. The lowest BCUT2D eigenvalue weighted by Crippen LogP contribution is -2.39. The molecule has 0 bridgehead atoms. The molecule has 3 aromatic carbocycles. The number of nitrogens with one attached hydrogen (secondary N) is 1. The molecule has 0 saturated carbocycles. The number of non-ortho nitro benzene ring substituents is 1. The zero-order valence-electron chi connectivity index (χ0n) is 18.8. The number of nitro benzene ring substituents is 1. The van der Waals surface area contributed by atoms with Crippen LogP contribution in [0.5, 0.6) is 5.75 Å². The molecule has 0 spiro atoms. The van der Waals surface area contributed by atoms with Gasteiger partial charge in [0.05, 0.1) is 23.1 Å². The summed E-state index contributed by atoms with van der Waals surface area (Å²) in [5.41, 5.74) is 3.87. The van der Waals surface area contributed by atoms with Crippen LogP contribution in [0.25, 0.3) is 0 Å². The van der Waals surface area contributed by atoms with Gasteiger partial charge in [-0.2, -0.15) is 5.10 Å². The molecule has 0 unspecified atom stereocenters. The van der Waals surface area contributed by atoms with E-state index in [1.807, 2.05) is 0 Å². The summed E-state index contributed by atoms with van der Waals surface area (Å²) in [6.45, 7) is -0.293. The van der Waals surface area contributed by atoms with Gasteiger partial charge in [-0.1, -0.05) is 23.2 Å². The molecule has 0 aromatic heterocycles. The Labute approximate surface area is 217 Å². The molecule has 0 aliphatic heterocycles. The minimum absolute atomic E-state index is 0.00682. The van der Waals surface area contributed by atoms with E-state index in [-0.39, 0.29) is 28.0 Å². The van der Waals surface area contributed by atoms with Gasteiger partial charge in [0.15, 0.2) is 0 Å². The first kappa shape index (κ1) is 26.9. The summed E-state index contributed by atoms with van der Waals surface area (Å²) in [6, 6.07) is 17.1. The number of hydrazone groups is 1. The van der Waals surface area contributed by atoms with Crippen molar-refractivity contribution in [3.63, 3.8) is 0 Å². The predicted molar refractivity (Wildman–Crippen MR) is 138 cm³/mol. The van der Waals surface area contributed by atoms with Crippen LogP contribution in [0.4, 0.5) is 11.4 Å². The molecular formula is C23H20Cl2N4O6S. The summed E-state index contributed by atoms with van der Waals surface area (Å²) >= 11 is 11.9. The average Bonchev–Trinajstić information content (AvgIpc) is 2.81. The van der Waals surface area contributed by atoms with E-state index >= 15 is 0 Å². The number of carbonyl (C=O) groups excluding carboxylic acids is 1. The van der Waals surface area contributed by atoms with Gasteiger partial charge in [-0.25, -0.2) is 13.8 Å². The first-order chi connectivity index (χ1) is 17.0. The van der Waals surface area contributed by atoms with E-state index in [0.29, 0.717) is 11.3 Å². The van der Waals surface area contributed by atoms with Gasteiger partial charge in [-0.15, -0.1) is 0 Å². The number of halogens is 2. The fourth-order valence-corrected chi connectivity index (χ4v) is 4.31. The number of hydrogen-bond acceptors (Lipinski definition) is 7. The van der Waals surface area contributed by atoms with Crippen LogP contribution in [0.2, 0.25) is 10.0 Å². The molecule has 0 atom stereocenters. The average molecular weight is 551 g/mol. The summed E-state index contributed by atoms with van der Waals surface area (Å²) in [4.78, 5) is 22.6. The molecule has 3 rings (SSSR count). The van der Waals surface area contributed by atoms with Crippen LogP contribution in [0.1, 0.15) is 11.1 Å². The molecule has 0 fully saturated rings. The number of anilines is 1. The summed E-state index contributed by atoms with van der Waals surface area (Å²) < 4.78 is 30.9. The summed E-state index contributed by atoms with van der Waals surface area (Å²) in [6.07, 6.45) is 2.35. The monoisotopic (exact) mass is 550 g/mol. The minimum atomic E-state index is -3.80. The molecule has 3 aromatic rings. The highest BCUT2D eigenvalue weighted by molar-refractivity contribution is 7.92. The van der Waals surface area contributed by atoms with Gasteiger partial charge in [0.1, 0.15) is 18.9 Å². The molecule has 188 valence electrons. The highest BCUT2D eigenvalue weighted by atomic mass is 35.5. The van der Waals surface area contributed by atoms with Crippen LogP contribution in [0.15, 0.2) is 71.8 Å². The van der Waals surface area contributed by atoms with Gasteiger partial charge in [-0.3, -0.25) is 19.2 Å². The number of hydrogen-bond donors (Lipinski definition) is 1. The number of nitro groups is 1. The van der Waals surface area contributed by atoms with Crippen molar-refractivity contribution in [2.45, 2.75) is 6.61 Å². The zero-order chi connectivity index (χ0) is 26.3. The topological polar surface area (TPSA) is 131 Å². The van der Waals surface area contributed by atoms with Crippen molar-refractivity contribution in [1.29, 1.82) is 0 Å². The molecule has 36 heavy (non-hydrogen) atoms. The maximum Gasteiger partial charge on any atom is 0.269 e. The van der Waals surface area contributed by atoms with E-state index in [1.165, 1.54) is 36.5 Å². The van der Waals surface area contributed by atoms with E-state index < -0.39 is 27.4 Å². The second kappa shape index (κ2) is 11.8. The molecule has 1 N–H and O–H groups in total. The van der Waals surface area contributed by atoms with E-state index in [1.54, 1.807) is 36.4 Å². The Hall–Kier alpha value is -3.67. The van der Waals surface area contributed by atoms with Crippen molar-refractivity contribution in [2.24, 2.45) is 5.10 Å². The normalized spacial score (nSPS) is 11.3. The lowest BCUT2D eigenvalue weighted by atomic mass is 10.2. The van der Waals surface area contributed by atoms with Gasteiger partial charge in [0, 0.05) is 22.2 Å². The smallest absolute Gasteiger partial charge is 0.269 e. The molecule has 13 heteroatoms. The highest BCUT2D eigenvalue weighted by Crippen LogP contribution is 2.26. The molecule has 0 radical (unpaired) electrons.